The van der Waals surface area contributed by atoms with Crippen molar-refractivity contribution in [1.29, 1.82) is 0 Å². The number of nitrogens with zero attached hydrogens (tertiary/aromatic N) is 1. The summed E-state index contributed by atoms with van der Waals surface area (Å²) in [6.45, 7) is 5.25. The highest BCUT2D eigenvalue weighted by atomic mass is 35.5. The maximum absolute atomic E-state index is 12.2. The first-order valence-electron chi connectivity index (χ1n) is 9.78. The van der Waals surface area contributed by atoms with Crippen LogP contribution in [0.3, 0.4) is 0 Å². The number of likely N-dealkylation sites (tertiary alicyclic amines) is 1. The lowest BCUT2D eigenvalue weighted by atomic mass is 9.96. The Bertz CT molecular complexity index is 564. The zero-order valence-electron chi connectivity index (χ0n) is 15.9. The summed E-state index contributed by atoms with van der Waals surface area (Å²) in [6, 6.07) is 8.28. The molecule has 0 radical (unpaired) electrons. The SMILES string of the molecule is Cl.NCCNC(=O)C1CCCN(Cc2ccc(OCC3CCCO3)cc2)C1. The van der Waals surface area contributed by atoms with E-state index in [1.165, 1.54) is 5.56 Å². The maximum Gasteiger partial charge on any atom is 0.224 e. The molecule has 1 aromatic rings. The quantitative estimate of drug-likeness (QED) is 0.701. The van der Waals surface area contributed by atoms with Gasteiger partial charge in [0.25, 0.3) is 0 Å². The second kappa shape index (κ2) is 11.5. The second-order valence-corrected chi connectivity index (χ2v) is 7.24. The topological polar surface area (TPSA) is 76.8 Å². The Hall–Kier alpha value is -1.34. The Morgan fingerprint density at radius 3 is 2.78 bits per heavy atom. The second-order valence-electron chi connectivity index (χ2n) is 7.24. The third kappa shape index (κ3) is 6.96. The van der Waals surface area contributed by atoms with Gasteiger partial charge < -0.3 is 20.5 Å². The minimum atomic E-state index is 0. The number of hydrogen-bond donors (Lipinski definition) is 2. The van der Waals surface area contributed by atoms with E-state index in [4.69, 9.17) is 15.2 Å². The van der Waals surface area contributed by atoms with Gasteiger partial charge in [-0.1, -0.05) is 12.1 Å². The number of nitrogens with one attached hydrogen (secondary N) is 1. The van der Waals surface area contributed by atoms with E-state index in [1.807, 2.05) is 12.1 Å². The fourth-order valence-corrected chi connectivity index (χ4v) is 3.67. The van der Waals surface area contributed by atoms with Crippen LogP contribution in [-0.4, -0.2) is 56.3 Å². The summed E-state index contributed by atoms with van der Waals surface area (Å²) in [7, 11) is 0. The lowest BCUT2D eigenvalue weighted by Gasteiger charge is -2.32. The van der Waals surface area contributed by atoms with Crippen LogP contribution in [0.5, 0.6) is 5.75 Å². The summed E-state index contributed by atoms with van der Waals surface area (Å²) >= 11 is 0. The van der Waals surface area contributed by atoms with Crippen LogP contribution in [0.1, 0.15) is 31.2 Å². The lowest BCUT2D eigenvalue weighted by Crippen LogP contribution is -2.43. The van der Waals surface area contributed by atoms with Crippen LogP contribution < -0.4 is 15.8 Å². The molecule has 7 heteroatoms. The van der Waals surface area contributed by atoms with Crippen molar-refractivity contribution in [3.05, 3.63) is 29.8 Å². The van der Waals surface area contributed by atoms with E-state index in [2.05, 4.69) is 22.3 Å². The molecule has 2 aliphatic heterocycles. The average molecular weight is 398 g/mol. The molecular weight excluding hydrogens is 366 g/mol. The maximum atomic E-state index is 12.2. The van der Waals surface area contributed by atoms with Crippen LogP contribution in [0.2, 0.25) is 0 Å². The van der Waals surface area contributed by atoms with Crippen LogP contribution in [0, 0.1) is 5.92 Å². The van der Waals surface area contributed by atoms with E-state index in [0.717, 1.165) is 57.7 Å². The van der Waals surface area contributed by atoms with Gasteiger partial charge in [0.1, 0.15) is 12.4 Å². The van der Waals surface area contributed by atoms with Crippen LogP contribution in [0.4, 0.5) is 0 Å². The number of halogens is 1. The van der Waals surface area contributed by atoms with Gasteiger partial charge >= 0.3 is 0 Å². The van der Waals surface area contributed by atoms with Crippen LogP contribution in [0.15, 0.2) is 24.3 Å². The van der Waals surface area contributed by atoms with Gasteiger partial charge in [-0.05, 0) is 49.9 Å². The summed E-state index contributed by atoms with van der Waals surface area (Å²) in [4.78, 5) is 14.5. The zero-order valence-corrected chi connectivity index (χ0v) is 16.7. The minimum absolute atomic E-state index is 0. The Labute approximate surface area is 168 Å². The molecule has 2 fully saturated rings. The first-order chi connectivity index (χ1) is 12.7. The van der Waals surface area contributed by atoms with Crippen molar-refractivity contribution in [1.82, 2.24) is 10.2 Å². The minimum Gasteiger partial charge on any atom is -0.491 e. The molecule has 1 amide bonds. The van der Waals surface area contributed by atoms with Crippen molar-refractivity contribution in [3.63, 3.8) is 0 Å². The van der Waals surface area contributed by atoms with E-state index < -0.39 is 0 Å². The summed E-state index contributed by atoms with van der Waals surface area (Å²) in [5.74, 6) is 1.10. The van der Waals surface area contributed by atoms with Gasteiger partial charge in [-0.3, -0.25) is 9.69 Å². The molecular formula is C20H32ClN3O3. The highest BCUT2D eigenvalue weighted by molar-refractivity contribution is 5.85. The molecule has 0 bridgehead atoms. The van der Waals surface area contributed by atoms with Crippen molar-refractivity contribution in [2.75, 3.05) is 39.4 Å². The monoisotopic (exact) mass is 397 g/mol. The fraction of sp³-hybridized carbons (Fsp3) is 0.650. The van der Waals surface area contributed by atoms with Crippen LogP contribution >= 0.6 is 12.4 Å². The molecule has 0 spiro atoms. The number of ether oxygens (including phenoxy) is 2. The number of hydrogen-bond acceptors (Lipinski definition) is 5. The van der Waals surface area contributed by atoms with Crippen molar-refractivity contribution in [2.45, 2.75) is 38.3 Å². The van der Waals surface area contributed by atoms with E-state index in [0.29, 0.717) is 19.7 Å². The molecule has 3 rings (SSSR count). The number of nitrogens with two attached hydrogens (primary N) is 1. The summed E-state index contributed by atoms with van der Waals surface area (Å²) in [6.07, 6.45) is 4.48. The molecule has 2 heterocycles. The summed E-state index contributed by atoms with van der Waals surface area (Å²) in [5.41, 5.74) is 6.71. The predicted octanol–water partition coefficient (Wildman–Crippen LogP) is 1.95. The zero-order chi connectivity index (χ0) is 18.2. The van der Waals surface area contributed by atoms with Crippen LogP contribution in [0.25, 0.3) is 0 Å². The van der Waals surface area contributed by atoms with E-state index >= 15 is 0 Å². The Morgan fingerprint density at radius 1 is 1.26 bits per heavy atom. The van der Waals surface area contributed by atoms with Crippen LogP contribution in [-0.2, 0) is 16.1 Å². The smallest absolute Gasteiger partial charge is 0.224 e. The van der Waals surface area contributed by atoms with Crippen molar-refractivity contribution in [3.8, 4) is 5.75 Å². The van der Waals surface area contributed by atoms with Gasteiger partial charge in [-0.2, -0.15) is 0 Å². The van der Waals surface area contributed by atoms with Crippen molar-refractivity contribution >= 4 is 18.3 Å². The van der Waals surface area contributed by atoms with Gasteiger partial charge in [0, 0.05) is 32.8 Å². The third-order valence-corrected chi connectivity index (χ3v) is 5.11. The predicted molar refractivity (Wildman–Crippen MR) is 108 cm³/mol. The number of carbonyl (C=O) groups is 1. The van der Waals surface area contributed by atoms with Crippen molar-refractivity contribution in [2.24, 2.45) is 11.7 Å². The van der Waals surface area contributed by atoms with Gasteiger partial charge in [-0.25, -0.2) is 0 Å². The molecule has 27 heavy (non-hydrogen) atoms. The van der Waals surface area contributed by atoms with Crippen molar-refractivity contribution < 1.29 is 14.3 Å². The number of carbonyl (C=O) groups excluding carboxylic acids is 1. The largest absolute Gasteiger partial charge is 0.491 e. The Kier molecular flexibility index (Phi) is 9.34. The highest BCUT2D eigenvalue weighted by Crippen LogP contribution is 2.21. The third-order valence-electron chi connectivity index (χ3n) is 5.11. The Morgan fingerprint density at radius 2 is 2.07 bits per heavy atom. The molecule has 6 nitrogen and oxygen atoms in total. The molecule has 2 unspecified atom stereocenters. The van der Waals surface area contributed by atoms with Gasteiger partial charge in [0.05, 0.1) is 12.0 Å². The number of amides is 1. The molecule has 0 aromatic heterocycles. The standard InChI is InChI=1S/C20H31N3O3.ClH/c21-9-10-22-20(24)17-3-1-11-23(14-17)13-16-5-7-18(8-6-16)26-15-19-4-2-12-25-19;/h5-8,17,19H,1-4,9-15,21H2,(H,22,24);1H. The molecule has 2 saturated heterocycles. The highest BCUT2D eigenvalue weighted by Gasteiger charge is 2.25. The molecule has 3 N–H and O–H groups in total. The van der Waals surface area contributed by atoms with E-state index in [9.17, 15) is 4.79 Å². The number of piperidine rings is 1. The molecule has 2 atom stereocenters. The molecule has 152 valence electrons. The van der Waals surface area contributed by atoms with Gasteiger partial charge in [0.2, 0.25) is 5.91 Å². The Balaban J connectivity index is 0.00000261. The number of rotatable bonds is 8. The molecule has 2 aliphatic rings. The fourth-order valence-electron chi connectivity index (χ4n) is 3.67. The normalized spacial score (nSPS) is 22.9. The van der Waals surface area contributed by atoms with Gasteiger partial charge in [-0.15, -0.1) is 12.4 Å². The van der Waals surface area contributed by atoms with E-state index in [1.54, 1.807) is 0 Å². The summed E-state index contributed by atoms with van der Waals surface area (Å²) in [5, 5.41) is 2.91. The average Bonchev–Trinajstić information content (AvgIpc) is 3.19. The van der Waals surface area contributed by atoms with E-state index in [-0.39, 0.29) is 30.3 Å². The van der Waals surface area contributed by atoms with Gasteiger partial charge in [0.15, 0.2) is 0 Å². The molecule has 0 aliphatic carbocycles. The lowest BCUT2D eigenvalue weighted by molar-refractivity contribution is -0.126. The molecule has 1 aromatic carbocycles. The first-order valence-corrected chi connectivity index (χ1v) is 9.78. The number of benzene rings is 1. The first kappa shape index (κ1) is 22.0. The molecule has 0 saturated carbocycles. The summed E-state index contributed by atoms with van der Waals surface area (Å²) < 4.78 is 11.4.